The van der Waals surface area contributed by atoms with E-state index < -0.39 is 10.0 Å². The van der Waals surface area contributed by atoms with Gasteiger partial charge in [0.05, 0.1) is 11.4 Å². The van der Waals surface area contributed by atoms with Crippen LogP contribution in [-0.2, 0) is 10.0 Å². The zero-order chi connectivity index (χ0) is 13.9. The summed E-state index contributed by atoms with van der Waals surface area (Å²) in [5, 5.41) is 1.84. The Bertz CT molecular complexity index is 686. The van der Waals surface area contributed by atoms with Gasteiger partial charge in [-0.2, -0.15) is 0 Å². The number of anilines is 1. The Balaban J connectivity index is 2.39. The molecular weight excluding hydrogens is 328 g/mol. The van der Waals surface area contributed by atoms with Crippen LogP contribution in [0.25, 0.3) is 10.8 Å². The third-order valence-electron chi connectivity index (χ3n) is 2.75. The molecule has 0 fully saturated rings. The first-order chi connectivity index (χ1) is 9.03. The van der Waals surface area contributed by atoms with Crippen molar-refractivity contribution in [3.63, 3.8) is 0 Å². The number of hydrogen-bond donors (Lipinski definition) is 2. The zero-order valence-electron chi connectivity index (χ0n) is 10.3. The molecule has 4 nitrogen and oxygen atoms in total. The van der Waals surface area contributed by atoms with Crippen LogP contribution < -0.4 is 10.5 Å². The first-order valence-corrected chi connectivity index (χ1v) is 8.36. The first kappa shape index (κ1) is 14.3. The number of rotatable bonds is 5. The van der Waals surface area contributed by atoms with Gasteiger partial charge in [0.25, 0.3) is 0 Å². The molecule has 0 saturated heterocycles. The number of fused-ring (bicyclic) bond motifs is 1. The standard InChI is InChI=1S/C13H15BrN2O2S/c14-12-6-7-13(11-5-2-1-4-10(11)12)16-19(17,18)9-3-8-15/h1-2,4-7,16H,3,8-9,15H2. The van der Waals surface area contributed by atoms with Crippen LogP contribution in [0.15, 0.2) is 40.9 Å². The van der Waals surface area contributed by atoms with Crippen LogP contribution in [0.2, 0.25) is 0 Å². The van der Waals surface area contributed by atoms with E-state index in [4.69, 9.17) is 5.73 Å². The quantitative estimate of drug-likeness (QED) is 0.877. The molecule has 0 amide bonds. The Kier molecular flexibility index (Phi) is 4.44. The smallest absolute Gasteiger partial charge is 0.232 e. The molecule has 0 aliphatic carbocycles. The lowest BCUT2D eigenvalue weighted by Gasteiger charge is -2.11. The lowest BCUT2D eigenvalue weighted by molar-refractivity contribution is 0.599. The highest BCUT2D eigenvalue weighted by molar-refractivity contribution is 9.10. The number of nitrogens with two attached hydrogens (primary N) is 1. The Morgan fingerprint density at radius 3 is 2.47 bits per heavy atom. The molecule has 0 saturated carbocycles. The van der Waals surface area contributed by atoms with Gasteiger partial charge >= 0.3 is 0 Å². The summed E-state index contributed by atoms with van der Waals surface area (Å²) in [5.41, 5.74) is 5.93. The fourth-order valence-corrected chi connectivity index (χ4v) is 3.48. The van der Waals surface area contributed by atoms with Crippen LogP contribution in [-0.4, -0.2) is 20.7 Å². The monoisotopic (exact) mass is 342 g/mol. The topological polar surface area (TPSA) is 72.2 Å². The van der Waals surface area contributed by atoms with Crippen LogP contribution >= 0.6 is 15.9 Å². The summed E-state index contributed by atoms with van der Waals surface area (Å²) in [5.74, 6) is 0.0356. The molecule has 0 aliphatic rings. The van der Waals surface area contributed by atoms with E-state index in [1.54, 1.807) is 6.07 Å². The zero-order valence-corrected chi connectivity index (χ0v) is 12.7. The van der Waals surface area contributed by atoms with Crippen molar-refractivity contribution in [2.24, 2.45) is 5.73 Å². The highest BCUT2D eigenvalue weighted by Crippen LogP contribution is 2.30. The second-order valence-corrected chi connectivity index (χ2v) is 6.90. The molecule has 0 aliphatic heterocycles. The van der Waals surface area contributed by atoms with Gasteiger partial charge in [-0.1, -0.05) is 40.2 Å². The molecule has 19 heavy (non-hydrogen) atoms. The van der Waals surface area contributed by atoms with Gasteiger partial charge in [0.2, 0.25) is 10.0 Å². The van der Waals surface area contributed by atoms with E-state index >= 15 is 0 Å². The van der Waals surface area contributed by atoms with Gasteiger partial charge in [-0.15, -0.1) is 0 Å². The van der Waals surface area contributed by atoms with Crippen molar-refractivity contribution in [2.45, 2.75) is 6.42 Å². The minimum Gasteiger partial charge on any atom is -0.330 e. The number of halogens is 1. The number of hydrogen-bond acceptors (Lipinski definition) is 3. The molecule has 0 heterocycles. The van der Waals surface area contributed by atoms with E-state index in [2.05, 4.69) is 20.7 Å². The van der Waals surface area contributed by atoms with Gasteiger partial charge in [0, 0.05) is 9.86 Å². The van der Waals surface area contributed by atoms with Crippen molar-refractivity contribution in [1.29, 1.82) is 0 Å². The molecule has 2 aromatic rings. The summed E-state index contributed by atoms with van der Waals surface area (Å²) >= 11 is 3.46. The van der Waals surface area contributed by atoms with Gasteiger partial charge in [0.1, 0.15) is 0 Å². The van der Waals surface area contributed by atoms with Crippen LogP contribution in [0.1, 0.15) is 6.42 Å². The molecular formula is C13H15BrN2O2S. The van der Waals surface area contributed by atoms with Crippen molar-refractivity contribution in [3.8, 4) is 0 Å². The Hall–Kier alpha value is -1.11. The van der Waals surface area contributed by atoms with E-state index in [1.807, 2.05) is 30.3 Å². The molecule has 6 heteroatoms. The van der Waals surface area contributed by atoms with Crippen molar-refractivity contribution in [1.82, 2.24) is 0 Å². The molecule has 102 valence electrons. The summed E-state index contributed by atoms with van der Waals surface area (Å²) < 4.78 is 27.4. The van der Waals surface area contributed by atoms with E-state index in [-0.39, 0.29) is 5.75 Å². The number of benzene rings is 2. The predicted octanol–water partition coefficient (Wildman–Crippen LogP) is 2.69. The lowest BCUT2D eigenvalue weighted by atomic mass is 10.1. The van der Waals surface area contributed by atoms with E-state index in [0.29, 0.717) is 18.7 Å². The molecule has 2 rings (SSSR count). The summed E-state index contributed by atoms with van der Waals surface area (Å²) in [6.45, 7) is 0.363. The molecule has 0 bridgehead atoms. The molecule has 0 unspecified atom stereocenters. The highest BCUT2D eigenvalue weighted by Gasteiger charge is 2.12. The van der Waals surface area contributed by atoms with Gasteiger partial charge < -0.3 is 5.73 Å². The third-order valence-corrected chi connectivity index (χ3v) is 4.80. The summed E-state index contributed by atoms with van der Waals surface area (Å²) in [6, 6.07) is 11.2. The highest BCUT2D eigenvalue weighted by atomic mass is 79.9. The van der Waals surface area contributed by atoms with E-state index in [9.17, 15) is 8.42 Å². The molecule has 0 aromatic heterocycles. The first-order valence-electron chi connectivity index (χ1n) is 5.91. The Labute approximate surface area is 121 Å². The van der Waals surface area contributed by atoms with Crippen molar-refractivity contribution in [3.05, 3.63) is 40.9 Å². The maximum atomic E-state index is 11.9. The summed E-state index contributed by atoms with van der Waals surface area (Å²) in [7, 11) is -3.35. The van der Waals surface area contributed by atoms with Crippen LogP contribution in [0, 0.1) is 0 Å². The average molecular weight is 343 g/mol. The van der Waals surface area contributed by atoms with Crippen LogP contribution in [0.3, 0.4) is 0 Å². The van der Waals surface area contributed by atoms with Crippen molar-refractivity contribution < 1.29 is 8.42 Å². The lowest BCUT2D eigenvalue weighted by Crippen LogP contribution is -2.19. The largest absolute Gasteiger partial charge is 0.330 e. The summed E-state index contributed by atoms with van der Waals surface area (Å²) in [4.78, 5) is 0. The summed E-state index contributed by atoms with van der Waals surface area (Å²) in [6.07, 6.45) is 0.448. The fraction of sp³-hybridized carbons (Fsp3) is 0.231. The molecule has 0 atom stereocenters. The van der Waals surface area contributed by atoms with Gasteiger partial charge in [-0.05, 0) is 30.5 Å². The third kappa shape index (κ3) is 3.46. The van der Waals surface area contributed by atoms with Gasteiger partial charge in [-0.3, -0.25) is 4.72 Å². The number of sulfonamides is 1. The van der Waals surface area contributed by atoms with Crippen molar-refractivity contribution in [2.75, 3.05) is 17.0 Å². The maximum absolute atomic E-state index is 11.9. The molecule has 0 spiro atoms. The minimum absolute atomic E-state index is 0.0356. The molecule has 3 N–H and O–H groups in total. The van der Waals surface area contributed by atoms with E-state index in [1.165, 1.54) is 0 Å². The Morgan fingerprint density at radius 1 is 1.11 bits per heavy atom. The van der Waals surface area contributed by atoms with Gasteiger partial charge in [-0.25, -0.2) is 8.42 Å². The van der Waals surface area contributed by atoms with Crippen molar-refractivity contribution >= 4 is 42.4 Å². The Morgan fingerprint density at radius 2 is 1.79 bits per heavy atom. The minimum atomic E-state index is -3.35. The molecule has 2 aromatic carbocycles. The fourth-order valence-electron chi connectivity index (χ4n) is 1.84. The van der Waals surface area contributed by atoms with Crippen LogP contribution in [0.4, 0.5) is 5.69 Å². The van der Waals surface area contributed by atoms with Gasteiger partial charge in [0.15, 0.2) is 0 Å². The maximum Gasteiger partial charge on any atom is 0.232 e. The average Bonchev–Trinajstić information content (AvgIpc) is 2.40. The van der Waals surface area contributed by atoms with E-state index in [0.717, 1.165) is 15.2 Å². The molecule has 0 radical (unpaired) electrons. The second kappa shape index (κ2) is 5.90. The van der Waals surface area contributed by atoms with Crippen LogP contribution in [0.5, 0.6) is 0 Å². The second-order valence-electron chi connectivity index (χ2n) is 4.20. The normalized spacial score (nSPS) is 11.7. The SMILES string of the molecule is NCCCS(=O)(=O)Nc1ccc(Br)c2ccccc12. The predicted molar refractivity (Wildman–Crippen MR) is 82.7 cm³/mol. The number of nitrogens with one attached hydrogen (secondary N) is 1.